The second-order valence-corrected chi connectivity index (χ2v) is 24.2. The highest BCUT2D eigenvalue weighted by atomic mass is 32.3. The molecule has 2 aliphatic rings. The van der Waals surface area contributed by atoms with Crippen molar-refractivity contribution in [2.75, 3.05) is 0 Å². The highest BCUT2D eigenvalue weighted by molar-refractivity contribution is 8.37. The van der Waals surface area contributed by atoms with Gasteiger partial charge < -0.3 is 9.13 Å². The molecule has 0 amide bonds. The van der Waals surface area contributed by atoms with E-state index in [1.165, 1.54) is 105 Å². The Labute approximate surface area is 405 Å². The molecule has 10 aromatic carbocycles. The molecule has 0 saturated heterocycles. The largest absolute Gasteiger partial charge is 0.310 e. The number of rotatable bonds is 8. The smallest absolute Gasteiger partial charge is 0.0541 e. The lowest BCUT2D eigenvalue weighted by Gasteiger charge is -2.45. The van der Waals surface area contributed by atoms with Crippen molar-refractivity contribution in [3.8, 4) is 16.8 Å². The minimum atomic E-state index is -2.12. The monoisotopic (exact) mass is 918 g/mol. The van der Waals surface area contributed by atoms with Crippen molar-refractivity contribution >= 4 is 69.4 Å². The van der Waals surface area contributed by atoms with Crippen molar-refractivity contribution < 1.29 is 0 Å². The first kappa shape index (κ1) is 40.1. The molecule has 14 rings (SSSR count). The van der Waals surface area contributed by atoms with Gasteiger partial charge >= 0.3 is 0 Å². The molecule has 12 aromatic rings. The molecule has 69 heavy (non-hydrogen) atoms. The Bertz CT molecular complexity index is 3800. The van der Waals surface area contributed by atoms with Crippen molar-refractivity contribution in [3.05, 3.63) is 272 Å². The molecular formula is C65H46N2S2. The first-order valence-corrected chi connectivity index (χ1v) is 27.0. The van der Waals surface area contributed by atoms with Gasteiger partial charge in [0.1, 0.15) is 0 Å². The zero-order chi connectivity index (χ0) is 45.5. The van der Waals surface area contributed by atoms with Gasteiger partial charge in [-0.3, -0.25) is 0 Å². The van der Waals surface area contributed by atoms with Crippen molar-refractivity contribution in [2.24, 2.45) is 0 Å². The molecule has 2 aromatic heterocycles. The van der Waals surface area contributed by atoms with Crippen LogP contribution in [0.4, 0.5) is 0 Å². The maximum atomic E-state index is 2.66. The highest BCUT2D eigenvalue weighted by Crippen LogP contribution is 2.82. The van der Waals surface area contributed by atoms with Crippen LogP contribution in [0.1, 0.15) is 6.42 Å². The second kappa shape index (κ2) is 15.8. The predicted molar refractivity (Wildman–Crippen MR) is 291 cm³/mol. The molecule has 0 fully saturated rings. The summed E-state index contributed by atoms with van der Waals surface area (Å²) >= 11 is 0. The third kappa shape index (κ3) is 5.77. The van der Waals surface area contributed by atoms with Crippen LogP contribution in [0.5, 0.6) is 0 Å². The van der Waals surface area contributed by atoms with Gasteiger partial charge in [-0.1, -0.05) is 170 Å². The summed E-state index contributed by atoms with van der Waals surface area (Å²) in [6.45, 7) is 0. The number of fused-ring (bicyclic) bond motifs is 9. The van der Waals surface area contributed by atoms with Crippen molar-refractivity contribution in [1.82, 2.24) is 9.13 Å². The number of aromatic nitrogens is 2. The van der Waals surface area contributed by atoms with Gasteiger partial charge in [0.25, 0.3) is 0 Å². The molecular weight excluding hydrogens is 873 g/mol. The summed E-state index contributed by atoms with van der Waals surface area (Å²) in [5.74, 6) is 0. The van der Waals surface area contributed by atoms with Gasteiger partial charge in [0, 0.05) is 67.2 Å². The average Bonchev–Trinajstić information content (AvgIpc) is 4.20. The highest BCUT2D eigenvalue weighted by Gasteiger charge is 2.45. The lowest BCUT2D eigenvalue weighted by atomic mass is 10.1. The van der Waals surface area contributed by atoms with Crippen molar-refractivity contribution in [2.45, 2.75) is 40.7 Å². The Kier molecular flexibility index (Phi) is 9.17. The number of nitrogens with zero attached hydrogens (tertiary/aromatic N) is 2. The van der Waals surface area contributed by atoms with Crippen LogP contribution in [0.15, 0.2) is 306 Å². The summed E-state index contributed by atoms with van der Waals surface area (Å²) in [5, 5.41) is 5.06. The van der Waals surface area contributed by atoms with E-state index in [2.05, 4.69) is 276 Å². The van der Waals surface area contributed by atoms with Gasteiger partial charge in [-0.2, -0.15) is 0 Å². The number of hydrogen-bond donors (Lipinski definition) is 0. The molecule has 0 spiro atoms. The van der Waals surface area contributed by atoms with Gasteiger partial charge in [0.05, 0.1) is 22.1 Å². The minimum absolute atomic E-state index is 0.831. The Hall–Kier alpha value is -8.02. The summed E-state index contributed by atoms with van der Waals surface area (Å²) in [6.07, 6.45) is 5.90. The van der Waals surface area contributed by atoms with Crippen LogP contribution in [0.3, 0.4) is 0 Å². The van der Waals surface area contributed by atoms with Gasteiger partial charge in [0.2, 0.25) is 0 Å². The van der Waals surface area contributed by atoms with Crippen LogP contribution in [0, 0.1) is 0 Å². The van der Waals surface area contributed by atoms with E-state index in [0.717, 1.165) is 6.42 Å². The third-order valence-electron chi connectivity index (χ3n) is 14.5. The molecule has 2 nitrogen and oxygen atoms in total. The van der Waals surface area contributed by atoms with Gasteiger partial charge in [-0.25, -0.2) is 0 Å². The van der Waals surface area contributed by atoms with Crippen molar-refractivity contribution in [3.63, 3.8) is 0 Å². The van der Waals surface area contributed by atoms with E-state index in [1.807, 2.05) is 0 Å². The van der Waals surface area contributed by atoms with Crippen LogP contribution in [0.25, 0.3) is 66.1 Å². The van der Waals surface area contributed by atoms with E-state index in [1.54, 1.807) is 0 Å². The van der Waals surface area contributed by atoms with Crippen LogP contribution in [0.2, 0.25) is 0 Å². The van der Waals surface area contributed by atoms with Crippen LogP contribution in [-0.4, -0.2) is 9.13 Å². The molecule has 4 heteroatoms. The normalized spacial score (nSPS) is 14.7. The van der Waals surface area contributed by atoms with Crippen LogP contribution in [-0.2, 0) is 0 Å². The maximum absolute atomic E-state index is 2.66. The molecule has 0 unspecified atom stereocenters. The van der Waals surface area contributed by atoms with E-state index in [9.17, 15) is 0 Å². The first-order valence-electron chi connectivity index (χ1n) is 23.8. The number of benzene rings is 10. The molecule has 0 atom stereocenters. The standard InChI is InChI=1S/C65H46N2S2/c1-4-22-48(23-5-1)68(49-24-6-2-7-25-49,50-26-8-3-9-27-50)52-43-47(67-62-36-18-12-30-56(62)57-31-13-19-37-63(57)67)44-53(45-52)69(64-38-20-14-32-58(64)59-33-15-21-39-65(59)69)51-41-40-46(42-51)66-60-34-16-10-28-54(60)55-29-11-17-35-61(55)66/h1-40,42-45H,41H2. The fraction of sp³-hybridized carbons (Fsp3) is 0.0154. The van der Waals surface area contributed by atoms with Crippen molar-refractivity contribution in [1.29, 1.82) is 0 Å². The minimum Gasteiger partial charge on any atom is -0.310 e. The Balaban J connectivity index is 1.15. The number of hydrogen-bond acceptors (Lipinski definition) is 0. The van der Waals surface area contributed by atoms with E-state index in [0.29, 0.717) is 0 Å². The topological polar surface area (TPSA) is 9.86 Å². The Morgan fingerprint density at radius 3 is 1.20 bits per heavy atom. The lowest BCUT2D eigenvalue weighted by Crippen LogP contribution is -2.09. The molecule has 0 N–H and O–H groups in total. The van der Waals surface area contributed by atoms with Gasteiger partial charge in [-0.15, -0.1) is 20.1 Å². The summed E-state index contributed by atoms with van der Waals surface area (Å²) in [6, 6.07) is 96.1. The molecule has 1 aliphatic carbocycles. The maximum Gasteiger partial charge on any atom is 0.0541 e. The zero-order valence-electron chi connectivity index (χ0n) is 37.8. The van der Waals surface area contributed by atoms with E-state index < -0.39 is 20.1 Å². The first-order chi connectivity index (χ1) is 34.2. The van der Waals surface area contributed by atoms with E-state index >= 15 is 0 Å². The predicted octanol–water partition coefficient (Wildman–Crippen LogP) is 18.3. The number of allylic oxidation sites excluding steroid dienone is 4. The Morgan fingerprint density at radius 2 is 0.739 bits per heavy atom. The summed E-state index contributed by atoms with van der Waals surface area (Å²) in [7, 11) is -4.24. The SMILES string of the molecule is C1=C(n2c3ccccc3c3ccccc32)C=C(S2(c3cc(-n4c5ccccc5c5ccccc54)cc(S(c4ccccc4)(c4ccccc4)c4ccccc4)c3)c3ccccc3-c3ccccc32)C1. The molecule has 0 saturated carbocycles. The Morgan fingerprint density at radius 1 is 0.348 bits per heavy atom. The lowest BCUT2D eigenvalue weighted by molar-refractivity contribution is 1.11. The summed E-state index contributed by atoms with van der Waals surface area (Å²) < 4.78 is 5.06. The molecule has 0 bridgehead atoms. The average molecular weight is 919 g/mol. The summed E-state index contributed by atoms with van der Waals surface area (Å²) in [4.78, 5) is 10.8. The molecule has 3 heterocycles. The molecule has 328 valence electrons. The molecule has 0 radical (unpaired) electrons. The van der Waals surface area contributed by atoms with Crippen LogP contribution < -0.4 is 0 Å². The second-order valence-electron chi connectivity index (χ2n) is 18.0. The zero-order valence-corrected chi connectivity index (χ0v) is 39.5. The van der Waals surface area contributed by atoms with Gasteiger partial charge in [0.15, 0.2) is 0 Å². The van der Waals surface area contributed by atoms with Gasteiger partial charge in [-0.05, 0) is 120 Å². The van der Waals surface area contributed by atoms with E-state index in [4.69, 9.17) is 0 Å². The number of para-hydroxylation sites is 4. The third-order valence-corrected chi connectivity index (χ3v) is 22.4. The summed E-state index contributed by atoms with van der Waals surface area (Å²) in [5.41, 5.74) is 9.92. The fourth-order valence-corrected chi connectivity index (χ4v) is 20.1. The fourth-order valence-electron chi connectivity index (χ4n) is 11.7. The van der Waals surface area contributed by atoms with E-state index in [-0.39, 0.29) is 0 Å². The molecule has 1 aliphatic heterocycles. The van der Waals surface area contributed by atoms with Crippen LogP contribution >= 0.6 is 20.1 Å². The quantitative estimate of drug-likeness (QED) is 0.144.